The molecule has 0 atom stereocenters. The van der Waals surface area contributed by atoms with E-state index in [2.05, 4.69) is 15.3 Å². The van der Waals surface area contributed by atoms with Gasteiger partial charge in [-0.2, -0.15) is 5.26 Å². The lowest BCUT2D eigenvalue weighted by atomic mass is 9.90. The van der Waals surface area contributed by atoms with Crippen molar-refractivity contribution < 1.29 is 9.53 Å². The average molecular weight is 536 g/mol. The van der Waals surface area contributed by atoms with Gasteiger partial charge in [0.2, 0.25) is 0 Å². The summed E-state index contributed by atoms with van der Waals surface area (Å²) in [5.41, 5.74) is 7.78. The predicted molar refractivity (Wildman–Crippen MR) is 150 cm³/mol. The van der Waals surface area contributed by atoms with Crippen LogP contribution in [-0.4, -0.2) is 31.1 Å². The largest absolute Gasteiger partial charge is 0.457 e. The number of imidazole rings is 1. The van der Waals surface area contributed by atoms with Crippen LogP contribution in [0.4, 0.5) is 5.82 Å². The molecule has 202 valence electrons. The lowest BCUT2D eigenvalue weighted by Crippen LogP contribution is -2.39. The third-order valence-corrected chi connectivity index (χ3v) is 7.54. The third kappa shape index (κ3) is 5.06. The molecule has 2 aliphatic rings. The van der Waals surface area contributed by atoms with Gasteiger partial charge in [0.05, 0.1) is 5.69 Å². The number of benzene rings is 2. The van der Waals surface area contributed by atoms with E-state index in [-0.39, 0.29) is 35.1 Å². The maximum atomic E-state index is 13.9. The fourth-order valence-electron chi connectivity index (χ4n) is 5.33. The van der Waals surface area contributed by atoms with Crippen molar-refractivity contribution in [3.63, 3.8) is 0 Å². The number of para-hydroxylation sites is 1. The van der Waals surface area contributed by atoms with E-state index in [1.165, 1.54) is 6.33 Å². The summed E-state index contributed by atoms with van der Waals surface area (Å²) in [7, 11) is 0. The zero-order valence-electron chi connectivity index (χ0n) is 21.9. The number of carbonyl (C=O) groups is 1. The molecule has 2 heterocycles. The van der Waals surface area contributed by atoms with Crippen molar-refractivity contribution in [3.05, 3.63) is 83.1 Å². The molecule has 3 N–H and O–H groups in total. The number of nitrogens with zero attached hydrogens (tertiary/aromatic N) is 5. The first kappa shape index (κ1) is 25.4. The van der Waals surface area contributed by atoms with Gasteiger partial charge in [0, 0.05) is 12.1 Å². The monoisotopic (exact) mass is 535 g/mol. The molecule has 1 amide bonds. The zero-order chi connectivity index (χ0) is 27.6. The minimum absolute atomic E-state index is 0.0550. The maximum Gasteiger partial charge on any atom is 0.335 e. The smallest absolute Gasteiger partial charge is 0.335 e. The summed E-state index contributed by atoms with van der Waals surface area (Å²) in [5.74, 6) is 1.62. The number of aromatic nitrogens is 4. The fraction of sp³-hybridized carbons (Fsp3) is 0.300. The van der Waals surface area contributed by atoms with Gasteiger partial charge >= 0.3 is 5.69 Å². The van der Waals surface area contributed by atoms with Crippen molar-refractivity contribution in [2.45, 2.75) is 50.6 Å². The molecule has 10 heteroatoms. The molecule has 40 heavy (non-hydrogen) atoms. The number of rotatable bonds is 7. The number of carbonyl (C=O) groups excluding carboxylic acids is 1. The molecular weight excluding hydrogens is 506 g/mol. The Bertz CT molecular complexity index is 1670. The first-order chi connectivity index (χ1) is 19.5. The van der Waals surface area contributed by atoms with Gasteiger partial charge in [-0.15, -0.1) is 0 Å². The van der Waals surface area contributed by atoms with Gasteiger partial charge in [-0.1, -0.05) is 24.3 Å². The third-order valence-electron chi connectivity index (χ3n) is 7.54. The van der Waals surface area contributed by atoms with E-state index in [1.807, 2.05) is 48.5 Å². The van der Waals surface area contributed by atoms with Crippen molar-refractivity contribution in [1.82, 2.24) is 24.4 Å². The van der Waals surface area contributed by atoms with E-state index in [0.29, 0.717) is 54.2 Å². The Labute approximate surface area is 230 Å². The molecule has 2 saturated carbocycles. The van der Waals surface area contributed by atoms with E-state index in [1.54, 1.807) is 27.3 Å². The van der Waals surface area contributed by atoms with E-state index in [0.717, 1.165) is 18.6 Å². The van der Waals surface area contributed by atoms with Crippen LogP contribution in [0.2, 0.25) is 0 Å². The number of nitrogens with two attached hydrogens (primary N) is 1. The molecule has 0 radical (unpaired) electrons. The molecular formula is C30H29N7O3. The number of nitriles is 1. The summed E-state index contributed by atoms with van der Waals surface area (Å²) < 4.78 is 9.15. The summed E-state index contributed by atoms with van der Waals surface area (Å²) in [6.07, 6.45) is 7.93. The van der Waals surface area contributed by atoms with Crippen LogP contribution in [0.5, 0.6) is 11.5 Å². The first-order valence-corrected chi connectivity index (χ1v) is 13.5. The van der Waals surface area contributed by atoms with Gasteiger partial charge in [-0.05, 0) is 80.8 Å². The standard InChI is InChI=1S/C30H29N7O3/c31-17-20(16-19-6-7-19)29(38)35-21-8-10-23(11-9-21)37-28-26(27(32)33-18-34-28)36(30(37)39)22-12-14-25(15-13-22)40-24-4-2-1-3-5-24/h1-5,12-16,18-19,21,23H,6-11H2,(H,35,38)(H2,32,33,34)/b20-16+/t21-,23+. The van der Waals surface area contributed by atoms with Crippen LogP contribution >= 0.6 is 0 Å². The Morgan fingerprint density at radius 1 is 1.00 bits per heavy atom. The van der Waals surface area contributed by atoms with Crippen LogP contribution in [0.3, 0.4) is 0 Å². The summed E-state index contributed by atoms with van der Waals surface area (Å²) in [6.45, 7) is 0. The number of hydrogen-bond donors (Lipinski definition) is 2. The topological polar surface area (TPSA) is 141 Å². The van der Waals surface area contributed by atoms with Crippen LogP contribution in [-0.2, 0) is 4.79 Å². The molecule has 2 aromatic carbocycles. The molecule has 6 rings (SSSR count). The number of allylic oxidation sites excluding steroid dienone is 1. The van der Waals surface area contributed by atoms with Crippen LogP contribution in [0.15, 0.2) is 77.4 Å². The van der Waals surface area contributed by atoms with Gasteiger partial charge in [0.15, 0.2) is 11.5 Å². The SMILES string of the molecule is N#C/C(=C\C1CC1)C(=O)N[C@H]1CC[C@@H](n2c(=O)n(-c3ccc(Oc4ccccc4)cc3)c3c(N)ncnc32)CC1. The number of hydrogen-bond acceptors (Lipinski definition) is 7. The summed E-state index contributed by atoms with van der Waals surface area (Å²) in [4.78, 5) is 35.1. The van der Waals surface area contributed by atoms with Crippen molar-refractivity contribution in [1.29, 1.82) is 5.26 Å². The van der Waals surface area contributed by atoms with Crippen LogP contribution in [0.25, 0.3) is 16.9 Å². The van der Waals surface area contributed by atoms with E-state index < -0.39 is 0 Å². The Morgan fingerprint density at radius 3 is 2.38 bits per heavy atom. The number of nitrogen functional groups attached to an aromatic ring is 1. The van der Waals surface area contributed by atoms with E-state index >= 15 is 0 Å². The van der Waals surface area contributed by atoms with Crippen molar-refractivity contribution >= 4 is 22.9 Å². The molecule has 2 aromatic heterocycles. The lowest BCUT2D eigenvalue weighted by molar-refractivity contribution is -0.118. The average Bonchev–Trinajstić information content (AvgIpc) is 3.74. The quantitative estimate of drug-likeness (QED) is 0.264. The fourth-order valence-corrected chi connectivity index (χ4v) is 5.33. The molecule has 10 nitrogen and oxygen atoms in total. The Kier molecular flexibility index (Phi) is 6.78. The number of nitrogens with one attached hydrogen (secondary N) is 1. The molecule has 2 fully saturated rings. The minimum Gasteiger partial charge on any atom is -0.457 e. The second-order valence-electron chi connectivity index (χ2n) is 10.3. The normalized spacial score (nSPS) is 19.2. The summed E-state index contributed by atoms with van der Waals surface area (Å²) in [6, 6.07) is 18.6. The summed E-state index contributed by atoms with van der Waals surface area (Å²) in [5, 5.41) is 12.4. The van der Waals surface area contributed by atoms with Crippen molar-refractivity contribution in [3.8, 4) is 23.3 Å². The molecule has 0 bridgehead atoms. The highest BCUT2D eigenvalue weighted by atomic mass is 16.5. The Hall–Kier alpha value is -4.91. The maximum absolute atomic E-state index is 13.9. The van der Waals surface area contributed by atoms with Gasteiger partial charge in [0.25, 0.3) is 5.91 Å². The van der Waals surface area contributed by atoms with Crippen LogP contribution in [0.1, 0.15) is 44.6 Å². The zero-order valence-corrected chi connectivity index (χ0v) is 21.9. The molecule has 0 aliphatic heterocycles. The molecule has 4 aromatic rings. The minimum atomic E-state index is -0.313. The van der Waals surface area contributed by atoms with Gasteiger partial charge in [-0.25, -0.2) is 14.8 Å². The second kappa shape index (κ2) is 10.7. The van der Waals surface area contributed by atoms with Gasteiger partial charge < -0.3 is 15.8 Å². The highest BCUT2D eigenvalue weighted by Crippen LogP contribution is 2.33. The molecule has 0 spiro atoms. The Morgan fingerprint density at radius 2 is 1.70 bits per heavy atom. The van der Waals surface area contributed by atoms with Gasteiger partial charge in [0.1, 0.15) is 35.0 Å². The number of anilines is 1. The predicted octanol–water partition coefficient (Wildman–Crippen LogP) is 4.42. The van der Waals surface area contributed by atoms with Crippen molar-refractivity contribution in [2.24, 2.45) is 5.92 Å². The number of amides is 1. The number of fused-ring (bicyclic) bond motifs is 1. The molecule has 0 unspecified atom stereocenters. The van der Waals surface area contributed by atoms with Crippen molar-refractivity contribution in [2.75, 3.05) is 5.73 Å². The molecule has 2 aliphatic carbocycles. The van der Waals surface area contributed by atoms with E-state index in [4.69, 9.17) is 10.5 Å². The highest BCUT2D eigenvalue weighted by molar-refractivity contribution is 5.97. The number of ether oxygens (including phenoxy) is 1. The molecule has 0 saturated heterocycles. The first-order valence-electron chi connectivity index (χ1n) is 13.5. The van der Waals surface area contributed by atoms with E-state index in [9.17, 15) is 14.9 Å². The van der Waals surface area contributed by atoms with Crippen LogP contribution < -0.4 is 21.5 Å². The Balaban J connectivity index is 1.23. The second-order valence-corrected chi connectivity index (χ2v) is 10.3. The summed E-state index contributed by atoms with van der Waals surface area (Å²) >= 11 is 0. The lowest BCUT2D eigenvalue weighted by Gasteiger charge is -2.29. The highest BCUT2D eigenvalue weighted by Gasteiger charge is 2.30. The van der Waals surface area contributed by atoms with Crippen LogP contribution in [0, 0.1) is 17.2 Å². The van der Waals surface area contributed by atoms with Gasteiger partial charge in [-0.3, -0.25) is 13.9 Å².